The highest BCUT2D eigenvalue weighted by molar-refractivity contribution is 5.78. The van der Waals surface area contributed by atoms with Crippen LogP contribution in [0.2, 0.25) is 0 Å². The molecule has 0 heterocycles. The summed E-state index contributed by atoms with van der Waals surface area (Å²) in [6.45, 7) is 2.33. The third-order valence-electron chi connectivity index (χ3n) is 1.53. The zero-order chi connectivity index (χ0) is 11.0. The number of hydrogen-bond donors (Lipinski definition) is 4. The van der Waals surface area contributed by atoms with E-state index >= 15 is 0 Å². The van der Waals surface area contributed by atoms with Gasteiger partial charge < -0.3 is 21.6 Å². The topological polar surface area (TPSA) is 99.2 Å². The van der Waals surface area contributed by atoms with Crippen LogP contribution in [0.1, 0.15) is 13.3 Å². The fourth-order valence-corrected chi connectivity index (χ4v) is 0.591. The molecule has 0 aliphatic heterocycles. The zero-order valence-electron chi connectivity index (χ0n) is 8.13. The van der Waals surface area contributed by atoms with Crippen LogP contribution in [0.5, 0.6) is 0 Å². The molecular formula is C9H15N3O2. The van der Waals surface area contributed by atoms with Gasteiger partial charge in [-0.05, 0) is 6.92 Å². The van der Waals surface area contributed by atoms with Crippen molar-refractivity contribution in [3.63, 3.8) is 0 Å². The number of hydrogen-bond acceptors (Lipinski definition) is 4. The van der Waals surface area contributed by atoms with Crippen molar-refractivity contribution in [1.82, 2.24) is 5.32 Å². The van der Waals surface area contributed by atoms with Gasteiger partial charge >= 0.3 is 5.97 Å². The van der Waals surface area contributed by atoms with Crippen LogP contribution in [0.3, 0.4) is 0 Å². The van der Waals surface area contributed by atoms with Crippen molar-refractivity contribution in [3.05, 3.63) is 0 Å². The second-order valence-electron chi connectivity index (χ2n) is 3.09. The molecule has 0 bridgehead atoms. The van der Waals surface area contributed by atoms with Gasteiger partial charge in [0.15, 0.2) is 0 Å². The Labute approximate surface area is 83.2 Å². The van der Waals surface area contributed by atoms with Gasteiger partial charge in [0.05, 0.1) is 6.54 Å². The van der Waals surface area contributed by atoms with Crippen molar-refractivity contribution in [2.24, 2.45) is 5.73 Å². The van der Waals surface area contributed by atoms with Crippen molar-refractivity contribution in [1.29, 1.82) is 5.41 Å². The first-order chi connectivity index (χ1) is 6.50. The Bertz CT molecular complexity index is 263. The van der Waals surface area contributed by atoms with Gasteiger partial charge in [0.2, 0.25) is 0 Å². The smallest absolute Gasteiger partial charge is 0.324 e. The molecule has 0 amide bonds. The number of aliphatic carboxylic acids is 1. The van der Waals surface area contributed by atoms with E-state index in [2.05, 4.69) is 17.2 Å². The molecule has 0 fully saturated rings. The quantitative estimate of drug-likeness (QED) is 0.269. The Hall–Kier alpha value is -1.38. The lowest BCUT2D eigenvalue weighted by Crippen LogP contribution is -2.44. The summed E-state index contributed by atoms with van der Waals surface area (Å²) in [5.74, 6) is 4.34. The second-order valence-corrected chi connectivity index (χ2v) is 3.09. The van der Waals surface area contributed by atoms with Crippen molar-refractivity contribution < 1.29 is 9.90 Å². The maximum atomic E-state index is 10.5. The molecular weight excluding hydrogens is 182 g/mol. The highest BCUT2D eigenvalue weighted by atomic mass is 16.4. The molecule has 1 unspecified atom stereocenters. The van der Waals surface area contributed by atoms with Crippen molar-refractivity contribution in [2.75, 3.05) is 13.1 Å². The highest BCUT2D eigenvalue weighted by Gasteiger charge is 2.26. The summed E-state index contributed by atoms with van der Waals surface area (Å²) >= 11 is 0. The fourth-order valence-electron chi connectivity index (χ4n) is 0.591. The van der Waals surface area contributed by atoms with E-state index in [9.17, 15) is 4.79 Å². The molecule has 14 heavy (non-hydrogen) atoms. The lowest BCUT2D eigenvalue weighted by atomic mass is 10.0. The molecule has 0 aliphatic carbocycles. The third kappa shape index (κ3) is 5.30. The first-order valence-corrected chi connectivity index (χ1v) is 4.18. The first-order valence-electron chi connectivity index (χ1n) is 4.18. The molecule has 0 rings (SSSR count). The Morgan fingerprint density at radius 2 is 2.36 bits per heavy atom. The Morgan fingerprint density at radius 1 is 1.71 bits per heavy atom. The normalized spacial score (nSPS) is 13.6. The predicted molar refractivity (Wildman–Crippen MR) is 54.3 cm³/mol. The summed E-state index contributed by atoms with van der Waals surface area (Å²) in [4.78, 5) is 10.5. The van der Waals surface area contributed by atoms with Crippen LogP contribution < -0.4 is 11.1 Å². The number of carboxylic acid groups (broad SMARTS) is 1. The van der Waals surface area contributed by atoms with Crippen molar-refractivity contribution >= 4 is 12.2 Å². The number of rotatable bonds is 5. The molecule has 1 atom stereocenters. The molecule has 0 spiro atoms. The Balaban J connectivity index is 3.80. The lowest BCUT2D eigenvalue weighted by molar-refractivity contribution is -0.142. The minimum atomic E-state index is -1.28. The van der Waals surface area contributed by atoms with Crippen LogP contribution in [0.15, 0.2) is 0 Å². The minimum Gasteiger partial charge on any atom is -0.480 e. The summed E-state index contributed by atoms with van der Waals surface area (Å²) in [6, 6.07) is 0. The average molecular weight is 197 g/mol. The first kappa shape index (κ1) is 12.6. The SMILES string of the molecule is CC(N)(CC#CCNCC=N)C(=O)O. The molecule has 0 aromatic rings. The van der Waals surface area contributed by atoms with Crippen LogP contribution in [0, 0.1) is 17.3 Å². The van der Waals surface area contributed by atoms with Crippen LogP contribution in [0.25, 0.3) is 0 Å². The average Bonchev–Trinajstić information content (AvgIpc) is 2.10. The molecule has 0 aliphatic rings. The number of nitrogens with one attached hydrogen (secondary N) is 2. The summed E-state index contributed by atoms with van der Waals surface area (Å²) in [7, 11) is 0. The Kier molecular flexibility index (Phi) is 5.53. The van der Waals surface area contributed by atoms with Gasteiger partial charge in [-0.3, -0.25) is 4.79 Å². The maximum Gasteiger partial charge on any atom is 0.324 e. The van der Waals surface area contributed by atoms with Crippen LogP contribution in [-0.4, -0.2) is 35.9 Å². The summed E-state index contributed by atoms with van der Waals surface area (Å²) in [5.41, 5.74) is 4.16. The van der Waals surface area contributed by atoms with Gasteiger partial charge in [-0.15, -0.1) is 0 Å². The third-order valence-corrected chi connectivity index (χ3v) is 1.53. The summed E-state index contributed by atoms with van der Waals surface area (Å²) in [6.07, 6.45) is 1.35. The molecule has 78 valence electrons. The zero-order valence-corrected chi connectivity index (χ0v) is 8.13. The van der Waals surface area contributed by atoms with Crippen LogP contribution in [-0.2, 0) is 4.79 Å². The van der Waals surface area contributed by atoms with Gasteiger partial charge in [-0.2, -0.15) is 0 Å². The number of nitrogens with two attached hydrogens (primary N) is 1. The lowest BCUT2D eigenvalue weighted by Gasteiger charge is -2.14. The minimum absolute atomic E-state index is 0.120. The molecule has 0 aromatic heterocycles. The van der Waals surface area contributed by atoms with Gasteiger partial charge in [-0.1, -0.05) is 11.8 Å². The summed E-state index contributed by atoms with van der Waals surface area (Å²) in [5, 5.41) is 18.2. The monoisotopic (exact) mass is 197 g/mol. The standard InChI is InChI=1S/C9H15N3O2/c1-9(11,8(13)14)4-2-3-6-12-7-5-10/h5,10,12H,4,6-7,11H2,1H3,(H,13,14). The van der Waals surface area contributed by atoms with Crippen molar-refractivity contribution in [2.45, 2.75) is 18.9 Å². The number of carbonyl (C=O) groups is 1. The Morgan fingerprint density at radius 3 is 2.86 bits per heavy atom. The predicted octanol–water partition coefficient (Wildman–Crippen LogP) is -0.579. The number of carboxylic acids is 1. The van der Waals surface area contributed by atoms with Crippen LogP contribution in [0.4, 0.5) is 0 Å². The van der Waals surface area contributed by atoms with E-state index in [-0.39, 0.29) is 6.42 Å². The van der Waals surface area contributed by atoms with Crippen molar-refractivity contribution in [3.8, 4) is 11.8 Å². The maximum absolute atomic E-state index is 10.5. The highest BCUT2D eigenvalue weighted by Crippen LogP contribution is 2.03. The molecule has 0 aromatic carbocycles. The van der Waals surface area contributed by atoms with E-state index in [4.69, 9.17) is 16.2 Å². The van der Waals surface area contributed by atoms with E-state index < -0.39 is 11.5 Å². The molecule has 5 nitrogen and oxygen atoms in total. The van der Waals surface area contributed by atoms with E-state index in [1.165, 1.54) is 13.1 Å². The van der Waals surface area contributed by atoms with Gasteiger partial charge in [-0.25, -0.2) is 0 Å². The van der Waals surface area contributed by atoms with E-state index in [1.54, 1.807) is 0 Å². The molecule has 0 saturated heterocycles. The van der Waals surface area contributed by atoms with Gasteiger partial charge in [0, 0.05) is 19.2 Å². The fraction of sp³-hybridized carbons (Fsp3) is 0.556. The molecule has 5 heteroatoms. The van der Waals surface area contributed by atoms with Gasteiger partial charge in [0.1, 0.15) is 5.54 Å². The molecule has 0 saturated carbocycles. The van der Waals surface area contributed by atoms with E-state index in [1.807, 2.05) is 0 Å². The van der Waals surface area contributed by atoms with E-state index in [0.717, 1.165) is 0 Å². The largest absolute Gasteiger partial charge is 0.480 e. The van der Waals surface area contributed by atoms with Crippen LogP contribution >= 0.6 is 0 Å². The second kappa shape index (κ2) is 6.13. The molecule has 0 radical (unpaired) electrons. The summed E-state index contributed by atoms with van der Waals surface area (Å²) < 4.78 is 0. The van der Waals surface area contributed by atoms with E-state index in [0.29, 0.717) is 13.1 Å². The van der Waals surface area contributed by atoms with Gasteiger partial charge in [0.25, 0.3) is 0 Å². The molecule has 5 N–H and O–H groups in total.